The first kappa shape index (κ1) is 14.9. The van der Waals surface area contributed by atoms with Gasteiger partial charge in [-0.1, -0.05) is 12.1 Å². The fourth-order valence-corrected chi connectivity index (χ4v) is 2.03. The van der Waals surface area contributed by atoms with E-state index in [0.29, 0.717) is 0 Å². The topological polar surface area (TPSA) is 92.5 Å². The number of hydrogen-bond donors (Lipinski definition) is 2. The lowest BCUT2D eigenvalue weighted by atomic mass is 10.2. The number of nitro groups is 1. The van der Waals surface area contributed by atoms with Gasteiger partial charge in [0.25, 0.3) is 11.6 Å². The third-order valence-corrected chi connectivity index (χ3v) is 3.26. The summed E-state index contributed by atoms with van der Waals surface area (Å²) in [5, 5.41) is 22.7. The minimum atomic E-state index is -0.904. The molecule has 0 spiro atoms. The number of nitro benzene ring substituents is 1. The second kappa shape index (κ2) is 5.88. The second-order valence-corrected chi connectivity index (χ2v) is 4.84. The zero-order chi connectivity index (χ0) is 15.6. The zero-order valence-electron chi connectivity index (χ0n) is 10.3. The van der Waals surface area contributed by atoms with Crippen molar-refractivity contribution in [1.29, 1.82) is 0 Å². The number of phenolic OH excluding ortho intramolecular Hbond substituents is 1. The molecule has 0 bridgehead atoms. The minimum absolute atomic E-state index is 0.0851. The molecule has 2 N–H and O–H groups in total. The molecule has 108 valence electrons. The number of anilines is 1. The number of nitrogens with one attached hydrogen (secondary N) is 1. The quantitative estimate of drug-likeness (QED) is 0.501. The summed E-state index contributed by atoms with van der Waals surface area (Å²) in [5.41, 5.74) is -1.17. The van der Waals surface area contributed by atoms with Crippen LogP contribution in [0.3, 0.4) is 0 Å². The van der Waals surface area contributed by atoms with Crippen LogP contribution in [0, 0.1) is 15.9 Å². The highest BCUT2D eigenvalue weighted by Crippen LogP contribution is 2.33. The molecular weight excluding hydrogens is 347 g/mol. The Kier molecular flexibility index (Phi) is 4.18. The molecule has 21 heavy (non-hydrogen) atoms. The SMILES string of the molecule is O=C(Nc1c(O)cccc1[N+](=O)[O-])c1cccc(Br)c1F. The number of amides is 1. The summed E-state index contributed by atoms with van der Waals surface area (Å²) in [7, 11) is 0. The number of benzene rings is 2. The maximum absolute atomic E-state index is 13.8. The summed E-state index contributed by atoms with van der Waals surface area (Å²) < 4.78 is 13.9. The molecule has 0 saturated carbocycles. The first-order valence-corrected chi connectivity index (χ1v) is 6.43. The van der Waals surface area contributed by atoms with Crippen LogP contribution in [-0.2, 0) is 0 Å². The summed E-state index contributed by atoms with van der Waals surface area (Å²) in [4.78, 5) is 22.1. The molecule has 0 unspecified atom stereocenters. The van der Waals surface area contributed by atoms with Gasteiger partial charge >= 0.3 is 0 Å². The van der Waals surface area contributed by atoms with Gasteiger partial charge in [0, 0.05) is 6.07 Å². The third kappa shape index (κ3) is 3.00. The first-order chi connectivity index (χ1) is 9.91. The maximum atomic E-state index is 13.8. The van der Waals surface area contributed by atoms with Crippen molar-refractivity contribution in [2.75, 3.05) is 5.32 Å². The predicted molar refractivity (Wildman–Crippen MR) is 76.8 cm³/mol. The number of carbonyl (C=O) groups is 1. The van der Waals surface area contributed by atoms with Crippen LogP contribution in [0.2, 0.25) is 0 Å². The number of phenols is 1. The van der Waals surface area contributed by atoms with E-state index in [2.05, 4.69) is 21.2 Å². The Bertz CT molecular complexity index is 736. The molecule has 2 aromatic rings. The lowest BCUT2D eigenvalue weighted by molar-refractivity contribution is -0.384. The minimum Gasteiger partial charge on any atom is -0.505 e. The third-order valence-electron chi connectivity index (χ3n) is 2.65. The number of rotatable bonds is 3. The monoisotopic (exact) mass is 354 g/mol. The van der Waals surface area contributed by atoms with E-state index in [-0.39, 0.29) is 15.7 Å². The number of para-hydroxylation sites is 1. The molecule has 0 fully saturated rings. The summed E-state index contributed by atoms with van der Waals surface area (Å²) in [6, 6.07) is 7.65. The highest BCUT2D eigenvalue weighted by molar-refractivity contribution is 9.10. The summed E-state index contributed by atoms with van der Waals surface area (Å²) >= 11 is 2.94. The number of carbonyl (C=O) groups excluding carboxylic acids is 1. The first-order valence-electron chi connectivity index (χ1n) is 5.63. The Labute approximate surface area is 126 Å². The lowest BCUT2D eigenvalue weighted by Gasteiger charge is -2.09. The molecule has 2 aromatic carbocycles. The normalized spacial score (nSPS) is 10.2. The number of aromatic hydroxyl groups is 1. The van der Waals surface area contributed by atoms with Gasteiger partial charge in [0.2, 0.25) is 0 Å². The van der Waals surface area contributed by atoms with Gasteiger partial charge in [0.05, 0.1) is 15.0 Å². The van der Waals surface area contributed by atoms with Crippen LogP contribution in [-0.4, -0.2) is 15.9 Å². The van der Waals surface area contributed by atoms with E-state index in [4.69, 9.17) is 0 Å². The molecule has 0 atom stereocenters. The molecule has 0 saturated heterocycles. The fraction of sp³-hybridized carbons (Fsp3) is 0. The van der Waals surface area contributed by atoms with E-state index in [1.165, 1.54) is 30.3 Å². The molecule has 0 aliphatic heterocycles. The second-order valence-electron chi connectivity index (χ2n) is 3.98. The van der Waals surface area contributed by atoms with E-state index in [0.717, 1.165) is 6.07 Å². The van der Waals surface area contributed by atoms with Crippen LogP contribution in [0.15, 0.2) is 40.9 Å². The van der Waals surface area contributed by atoms with Gasteiger partial charge in [-0.25, -0.2) is 4.39 Å². The van der Waals surface area contributed by atoms with Crippen molar-refractivity contribution in [3.05, 3.63) is 62.4 Å². The van der Waals surface area contributed by atoms with Crippen LogP contribution in [0.5, 0.6) is 5.75 Å². The lowest BCUT2D eigenvalue weighted by Crippen LogP contribution is -2.15. The highest BCUT2D eigenvalue weighted by atomic mass is 79.9. The Morgan fingerprint density at radius 2 is 1.95 bits per heavy atom. The van der Waals surface area contributed by atoms with Gasteiger partial charge in [-0.3, -0.25) is 14.9 Å². The molecule has 0 radical (unpaired) electrons. The molecule has 2 rings (SSSR count). The summed E-state index contributed by atoms with van der Waals surface area (Å²) in [6.45, 7) is 0. The van der Waals surface area contributed by atoms with Crippen molar-refractivity contribution in [1.82, 2.24) is 0 Å². The molecule has 1 amide bonds. The predicted octanol–water partition coefficient (Wildman–Crippen LogP) is 3.45. The number of hydrogen-bond acceptors (Lipinski definition) is 4. The van der Waals surface area contributed by atoms with E-state index >= 15 is 0 Å². The Morgan fingerprint density at radius 3 is 2.62 bits per heavy atom. The van der Waals surface area contributed by atoms with Gasteiger partial charge in [-0.15, -0.1) is 0 Å². The molecule has 0 aliphatic rings. The van der Waals surface area contributed by atoms with Crippen molar-refractivity contribution >= 4 is 33.2 Å². The van der Waals surface area contributed by atoms with E-state index in [9.17, 15) is 24.4 Å². The van der Waals surface area contributed by atoms with Gasteiger partial charge in [0.1, 0.15) is 11.6 Å². The van der Waals surface area contributed by atoms with E-state index in [1.807, 2.05) is 0 Å². The fourth-order valence-electron chi connectivity index (χ4n) is 1.67. The summed E-state index contributed by atoms with van der Waals surface area (Å²) in [6.07, 6.45) is 0. The largest absolute Gasteiger partial charge is 0.505 e. The molecule has 0 aromatic heterocycles. The Morgan fingerprint density at radius 1 is 1.29 bits per heavy atom. The van der Waals surface area contributed by atoms with E-state index < -0.39 is 28.1 Å². The zero-order valence-corrected chi connectivity index (χ0v) is 11.9. The van der Waals surface area contributed by atoms with Crippen molar-refractivity contribution < 1.29 is 19.2 Å². The number of halogens is 2. The number of nitrogens with zero attached hydrogens (tertiary/aromatic N) is 1. The average molecular weight is 355 g/mol. The average Bonchev–Trinajstić information content (AvgIpc) is 2.43. The van der Waals surface area contributed by atoms with Crippen LogP contribution in [0.1, 0.15) is 10.4 Å². The van der Waals surface area contributed by atoms with Crippen LogP contribution < -0.4 is 5.32 Å². The van der Waals surface area contributed by atoms with Crippen LogP contribution in [0.25, 0.3) is 0 Å². The van der Waals surface area contributed by atoms with Crippen LogP contribution >= 0.6 is 15.9 Å². The van der Waals surface area contributed by atoms with Crippen molar-refractivity contribution in [3.8, 4) is 5.75 Å². The van der Waals surface area contributed by atoms with Crippen molar-refractivity contribution in [2.45, 2.75) is 0 Å². The van der Waals surface area contributed by atoms with Crippen molar-refractivity contribution in [3.63, 3.8) is 0 Å². The molecular formula is C13H8BrFN2O4. The van der Waals surface area contributed by atoms with Crippen molar-refractivity contribution in [2.24, 2.45) is 0 Å². The Balaban J connectivity index is 2.41. The van der Waals surface area contributed by atoms with E-state index in [1.54, 1.807) is 0 Å². The van der Waals surface area contributed by atoms with Crippen LogP contribution in [0.4, 0.5) is 15.8 Å². The van der Waals surface area contributed by atoms with Gasteiger partial charge in [0.15, 0.2) is 5.69 Å². The standard InChI is InChI=1S/C13H8BrFN2O4/c14-8-4-1-3-7(11(8)15)13(19)16-12-9(17(20)21)5-2-6-10(12)18/h1-6,18H,(H,16,19). The summed E-state index contributed by atoms with van der Waals surface area (Å²) in [5.74, 6) is -2.18. The Hall–Kier alpha value is -2.48. The van der Waals surface area contributed by atoms with Gasteiger partial charge < -0.3 is 10.4 Å². The highest BCUT2D eigenvalue weighted by Gasteiger charge is 2.22. The molecule has 0 heterocycles. The molecule has 6 nitrogen and oxygen atoms in total. The smallest absolute Gasteiger partial charge is 0.296 e. The maximum Gasteiger partial charge on any atom is 0.296 e. The van der Waals surface area contributed by atoms with Gasteiger partial charge in [-0.05, 0) is 34.1 Å². The van der Waals surface area contributed by atoms with Gasteiger partial charge in [-0.2, -0.15) is 0 Å². The molecule has 8 heteroatoms. The molecule has 0 aliphatic carbocycles.